The summed E-state index contributed by atoms with van der Waals surface area (Å²) in [5.41, 5.74) is -0.236. The van der Waals surface area contributed by atoms with E-state index in [9.17, 15) is 13.2 Å². The standard InChI is InChI=1S/C20H15Cl4F3O3/c1-12(10-29-14-4-2-13(3-5-14)20(25,26)27)11-30-19-16(21)8-15(9-17(19)22)28-7-6-18(23)24/h2-6,8-9H,1,7,10-11H2. The molecule has 0 saturated heterocycles. The second-order valence-electron chi connectivity index (χ2n) is 5.87. The maximum Gasteiger partial charge on any atom is 0.416 e. The summed E-state index contributed by atoms with van der Waals surface area (Å²) in [5.74, 6) is 0.896. The highest BCUT2D eigenvalue weighted by molar-refractivity contribution is 6.55. The van der Waals surface area contributed by atoms with Gasteiger partial charge in [-0.15, -0.1) is 0 Å². The van der Waals surface area contributed by atoms with Gasteiger partial charge in [-0.1, -0.05) is 53.0 Å². The molecule has 2 aromatic carbocycles. The van der Waals surface area contributed by atoms with E-state index in [1.54, 1.807) is 0 Å². The van der Waals surface area contributed by atoms with Crippen molar-refractivity contribution in [2.24, 2.45) is 0 Å². The van der Waals surface area contributed by atoms with Gasteiger partial charge in [0.2, 0.25) is 0 Å². The Morgan fingerprint density at radius 2 is 1.47 bits per heavy atom. The number of halogens is 7. The van der Waals surface area contributed by atoms with Crippen LogP contribution in [0.4, 0.5) is 13.2 Å². The number of hydrogen-bond acceptors (Lipinski definition) is 3. The van der Waals surface area contributed by atoms with E-state index in [0.29, 0.717) is 11.3 Å². The van der Waals surface area contributed by atoms with E-state index >= 15 is 0 Å². The van der Waals surface area contributed by atoms with Crippen LogP contribution >= 0.6 is 46.4 Å². The predicted molar refractivity (Wildman–Crippen MR) is 113 cm³/mol. The Morgan fingerprint density at radius 1 is 0.900 bits per heavy atom. The van der Waals surface area contributed by atoms with Crippen molar-refractivity contribution >= 4 is 46.4 Å². The predicted octanol–water partition coefficient (Wildman–Crippen LogP) is 7.72. The van der Waals surface area contributed by atoms with E-state index in [1.807, 2.05) is 0 Å². The van der Waals surface area contributed by atoms with Crippen LogP contribution in [0.15, 0.2) is 59.1 Å². The third-order valence-electron chi connectivity index (χ3n) is 3.50. The van der Waals surface area contributed by atoms with Crippen LogP contribution in [0.3, 0.4) is 0 Å². The van der Waals surface area contributed by atoms with Gasteiger partial charge in [-0.2, -0.15) is 13.2 Å². The zero-order chi connectivity index (χ0) is 22.3. The Labute approximate surface area is 191 Å². The van der Waals surface area contributed by atoms with E-state index in [1.165, 1.54) is 30.3 Å². The summed E-state index contributed by atoms with van der Waals surface area (Å²) in [5, 5.41) is 0.435. The van der Waals surface area contributed by atoms with Crippen LogP contribution in [-0.4, -0.2) is 19.8 Å². The third-order valence-corrected chi connectivity index (χ3v) is 4.37. The van der Waals surface area contributed by atoms with E-state index in [4.69, 9.17) is 60.6 Å². The molecule has 0 atom stereocenters. The highest BCUT2D eigenvalue weighted by atomic mass is 35.5. The van der Waals surface area contributed by atoms with Crippen molar-refractivity contribution in [1.29, 1.82) is 0 Å². The zero-order valence-electron chi connectivity index (χ0n) is 15.2. The van der Waals surface area contributed by atoms with Gasteiger partial charge in [-0.05, 0) is 35.9 Å². The molecule has 0 aromatic heterocycles. The summed E-state index contributed by atoms with van der Waals surface area (Å²) in [6.45, 7) is 4.00. The molecule has 0 aliphatic rings. The second kappa shape index (κ2) is 11.0. The molecular formula is C20H15Cl4F3O3. The summed E-state index contributed by atoms with van der Waals surface area (Å²) in [6.07, 6.45) is -2.95. The first-order chi connectivity index (χ1) is 14.1. The maximum atomic E-state index is 12.6. The van der Waals surface area contributed by atoms with Gasteiger partial charge in [0.1, 0.15) is 35.8 Å². The second-order valence-corrected chi connectivity index (χ2v) is 7.69. The molecule has 3 nitrogen and oxygen atoms in total. The van der Waals surface area contributed by atoms with Gasteiger partial charge in [0, 0.05) is 12.1 Å². The summed E-state index contributed by atoms with van der Waals surface area (Å²) < 4.78 is 54.1. The van der Waals surface area contributed by atoms with Crippen LogP contribution < -0.4 is 14.2 Å². The normalized spacial score (nSPS) is 11.0. The maximum absolute atomic E-state index is 12.6. The molecular weight excluding hydrogens is 487 g/mol. The fourth-order valence-corrected chi connectivity index (χ4v) is 2.80. The third kappa shape index (κ3) is 7.84. The van der Waals surface area contributed by atoms with Gasteiger partial charge in [-0.25, -0.2) is 0 Å². The zero-order valence-corrected chi connectivity index (χ0v) is 18.3. The molecule has 0 radical (unpaired) electrons. The van der Waals surface area contributed by atoms with Crippen LogP contribution in [0.2, 0.25) is 10.0 Å². The molecule has 0 bridgehead atoms. The van der Waals surface area contributed by atoms with Crippen molar-refractivity contribution in [1.82, 2.24) is 0 Å². The summed E-state index contributed by atoms with van der Waals surface area (Å²) in [7, 11) is 0. The lowest BCUT2D eigenvalue weighted by molar-refractivity contribution is -0.137. The van der Waals surface area contributed by atoms with Crippen LogP contribution in [0.1, 0.15) is 5.56 Å². The molecule has 0 fully saturated rings. The molecule has 0 spiro atoms. The molecule has 10 heteroatoms. The lowest BCUT2D eigenvalue weighted by Crippen LogP contribution is -2.09. The van der Waals surface area contributed by atoms with E-state index in [0.717, 1.165) is 12.1 Å². The molecule has 0 aliphatic carbocycles. The molecule has 30 heavy (non-hydrogen) atoms. The summed E-state index contributed by atoms with van der Waals surface area (Å²) in [4.78, 5) is 0. The van der Waals surface area contributed by atoms with Gasteiger partial charge in [-0.3, -0.25) is 0 Å². The fourth-order valence-electron chi connectivity index (χ4n) is 2.10. The first kappa shape index (κ1) is 24.5. The molecule has 0 N–H and O–H groups in total. The number of alkyl halides is 3. The quantitative estimate of drug-likeness (QED) is 0.329. The van der Waals surface area contributed by atoms with Crippen molar-refractivity contribution in [2.45, 2.75) is 6.18 Å². The number of hydrogen-bond donors (Lipinski definition) is 0. The van der Waals surface area contributed by atoms with Crippen LogP contribution in [0.25, 0.3) is 0 Å². The Kier molecular flexibility index (Phi) is 9.04. The SMILES string of the molecule is C=C(COc1ccc(C(F)(F)F)cc1)COc1c(Cl)cc(OCC=C(Cl)Cl)cc1Cl. The van der Waals surface area contributed by atoms with Gasteiger partial charge in [0.15, 0.2) is 5.75 Å². The molecule has 2 rings (SSSR count). The molecule has 0 saturated carbocycles. The van der Waals surface area contributed by atoms with E-state index in [2.05, 4.69) is 6.58 Å². The van der Waals surface area contributed by atoms with Gasteiger partial charge >= 0.3 is 6.18 Å². The molecule has 0 heterocycles. The van der Waals surface area contributed by atoms with Crippen LogP contribution in [0.5, 0.6) is 17.2 Å². The van der Waals surface area contributed by atoms with Crippen LogP contribution in [0, 0.1) is 0 Å². The lowest BCUT2D eigenvalue weighted by atomic mass is 10.2. The Hall–Kier alpha value is -1.73. The average molecular weight is 502 g/mol. The summed E-state index contributed by atoms with van der Waals surface area (Å²) in [6, 6.07) is 7.37. The van der Waals surface area contributed by atoms with Crippen LogP contribution in [-0.2, 0) is 6.18 Å². The van der Waals surface area contributed by atoms with Crippen molar-refractivity contribution in [3.8, 4) is 17.2 Å². The monoisotopic (exact) mass is 500 g/mol. The van der Waals surface area contributed by atoms with Crippen molar-refractivity contribution < 1.29 is 27.4 Å². The molecule has 0 unspecified atom stereocenters. The fraction of sp³-hybridized carbons (Fsp3) is 0.200. The topological polar surface area (TPSA) is 27.7 Å². The molecule has 162 valence electrons. The Morgan fingerprint density at radius 3 is 2.00 bits per heavy atom. The molecule has 2 aromatic rings. The first-order valence-electron chi connectivity index (χ1n) is 8.28. The smallest absolute Gasteiger partial charge is 0.416 e. The Balaban J connectivity index is 1.87. The summed E-state index contributed by atoms with van der Waals surface area (Å²) >= 11 is 23.4. The van der Waals surface area contributed by atoms with Gasteiger partial charge in [0.25, 0.3) is 0 Å². The van der Waals surface area contributed by atoms with Gasteiger partial charge in [0.05, 0.1) is 15.6 Å². The largest absolute Gasteiger partial charge is 0.489 e. The minimum atomic E-state index is -4.40. The average Bonchev–Trinajstić information content (AvgIpc) is 2.65. The van der Waals surface area contributed by atoms with Crippen molar-refractivity contribution in [3.05, 3.63) is 74.7 Å². The van der Waals surface area contributed by atoms with E-state index < -0.39 is 11.7 Å². The highest BCUT2D eigenvalue weighted by Crippen LogP contribution is 2.37. The number of ether oxygens (including phenoxy) is 3. The molecule has 0 aliphatic heterocycles. The molecule has 0 amide bonds. The lowest BCUT2D eigenvalue weighted by Gasteiger charge is -2.14. The minimum Gasteiger partial charge on any atom is -0.489 e. The highest BCUT2D eigenvalue weighted by Gasteiger charge is 2.30. The Bertz CT molecular complexity index is 885. The number of rotatable bonds is 9. The minimum absolute atomic E-state index is 0.0326. The van der Waals surface area contributed by atoms with E-state index in [-0.39, 0.29) is 45.9 Å². The number of benzene rings is 2. The first-order valence-corrected chi connectivity index (χ1v) is 9.80. The van der Waals surface area contributed by atoms with Crippen molar-refractivity contribution in [3.63, 3.8) is 0 Å². The van der Waals surface area contributed by atoms with Crippen molar-refractivity contribution in [2.75, 3.05) is 19.8 Å². The van der Waals surface area contributed by atoms with Gasteiger partial charge < -0.3 is 14.2 Å².